The lowest BCUT2D eigenvalue weighted by molar-refractivity contribution is 0.321. The summed E-state index contributed by atoms with van der Waals surface area (Å²) in [6, 6.07) is 6.36. The number of guanidine groups is 1. The van der Waals surface area contributed by atoms with Crippen molar-refractivity contribution < 1.29 is 14.0 Å². The fraction of sp³-hybridized carbons (Fsp3) is 0.550. The Hall–Kier alpha value is -2.81. The van der Waals surface area contributed by atoms with Gasteiger partial charge >= 0.3 is 0 Å². The van der Waals surface area contributed by atoms with Gasteiger partial charge in [-0.3, -0.25) is 9.89 Å². The monoisotopic (exact) mass is 402 g/mol. The van der Waals surface area contributed by atoms with Crippen LogP contribution in [0, 0.1) is 6.92 Å². The quantitative estimate of drug-likeness (QED) is 0.505. The minimum absolute atomic E-state index is 0.347. The van der Waals surface area contributed by atoms with Gasteiger partial charge in [-0.15, -0.1) is 0 Å². The van der Waals surface area contributed by atoms with Gasteiger partial charge in [0.05, 0.1) is 14.2 Å². The lowest BCUT2D eigenvalue weighted by atomic mass is 10.2. The average molecular weight is 402 g/mol. The molecule has 3 rings (SSSR count). The van der Waals surface area contributed by atoms with E-state index >= 15 is 0 Å². The van der Waals surface area contributed by atoms with Crippen LogP contribution in [0.15, 0.2) is 27.7 Å². The summed E-state index contributed by atoms with van der Waals surface area (Å²) in [5, 5.41) is 10.6. The number of nitrogens with zero attached hydrogens (tertiary/aromatic N) is 4. The Kier molecular flexibility index (Phi) is 7.29. The molecule has 9 heteroatoms. The van der Waals surface area contributed by atoms with Gasteiger partial charge < -0.3 is 24.6 Å². The van der Waals surface area contributed by atoms with Crippen molar-refractivity contribution in [3.63, 3.8) is 0 Å². The third-order valence-corrected chi connectivity index (χ3v) is 4.86. The van der Waals surface area contributed by atoms with E-state index in [1.165, 1.54) is 5.56 Å². The van der Waals surface area contributed by atoms with Gasteiger partial charge in [0.25, 0.3) is 0 Å². The predicted molar refractivity (Wildman–Crippen MR) is 110 cm³/mol. The number of aliphatic imine (C=N–C) groups is 1. The highest BCUT2D eigenvalue weighted by Gasteiger charge is 2.23. The van der Waals surface area contributed by atoms with Gasteiger partial charge in [0, 0.05) is 51.8 Å². The molecule has 1 aromatic carbocycles. The van der Waals surface area contributed by atoms with Crippen molar-refractivity contribution in [3.8, 4) is 11.5 Å². The van der Waals surface area contributed by atoms with Crippen LogP contribution in [0.2, 0.25) is 0 Å². The van der Waals surface area contributed by atoms with Gasteiger partial charge in [0.1, 0.15) is 11.5 Å². The SMILES string of the molecule is CN=C(NCCc1nc(C)no1)NC1CCN(Cc2cc(OC)cc(OC)c2)C1. The molecule has 2 N–H and O–H groups in total. The Bertz CT molecular complexity index is 800. The molecule has 1 aliphatic heterocycles. The number of benzene rings is 1. The first-order chi connectivity index (χ1) is 14.1. The second-order valence-corrected chi connectivity index (χ2v) is 7.07. The summed E-state index contributed by atoms with van der Waals surface area (Å²) < 4.78 is 15.9. The van der Waals surface area contributed by atoms with Crippen LogP contribution in [0.4, 0.5) is 0 Å². The molecule has 1 saturated heterocycles. The van der Waals surface area contributed by atoms with Gasteiger partial charge in [-0.1, -0.05) is 5.16 Å². The summed E-state index contributed by atoms with van der Waals surface area (Å²) in [6.45, 7) is 5.32. The number of hydrogen-bond acceptors (Lipinski definition) is 7. The molecule has 0 amide bonds. The smallest absolute Gasteiger partial charge is 0.228 e. The van der Waals surface area contributed by atoms with Crippen molar-refractivity contribution in [1.29, 1.82) is 0 Å². The van der Waals surface area contributed by atoms with Crippen LogP contribution in [-0.2, 0) is 13.0 Å². The maximum atomic E-state index is 5.37. The number of likely N-dealkylation sites (tertiary alicyclic amines) is 1. The normalized spacial score (nSPS) is 17.4. The molecule has 0 aliphatic carbocycles. The summed E-state index contributed by atoms with van der Waals surface area (Å²) in [4.78, 5) is 10.9. The van der Waals surface area contributed by atoms with Crippen molar-refractivity contribution >= 4 is 5.96 Å². The summed E-state index contributed by atoms with van der Waals surface area (Å²) in [7, 11) is 5.13. The third kappa shape index (κ3) is 6.08. The number of aromatic nitrogens is 2. The van der Waals surface area contributed by atoms with Crippen LogP contribution >= 0.6 is 0 Å². The van der Waals surface area contributed by atoms with Crippen LogP contribution in [-0.4, -0.2) is 67.9 Å². The van der Waals surface area contributed by atoms with Gasteiger partial charge in [-0.25, -0.2) is 0 Å². The van der Waals surface area contributed by atoms with Crippen LogP contribution in [0.5, 0.6) is 11.5 Å². The largest absolute Gasteiger partial charge is 0.497 e. The van der Waals surface area contributed by atoms with E-state index in [-0.39, 0.29) is 0 Å². The van der Waals surface area contributed by atoms with Gasteiger partial charge in [-0.05, 0) is 31.0 Å². The number of rotatable bonds is 8. The molecule has 0 radical (unpaired) electrons. The molecule has 1 aromatic heterocycles. The van der Waals surface area contributed by atoms with E-state index in [1.807, 2.05) is 13.0 Å². The Morgan fingerprint density at radius 3 is 2.66 bits per heavy atom. The third-order valence-electron chi connectivity index (χ3n) is 4.86. The lowest BCUT2D eigenvalue weighted by Crippen LogP contribution is -2.45. The number of aryl methyl sites for hydroxylation is 1. The standard InChI is InChI=1S/C20H30N6O3/c1-14-23-19(29-25-14)5-7-22-20(21-2)24-16-6-8-26(13-16)12-15-9-17(27-3)11-18(10-15)28-4/h9-11,16H,5-8,12-13H2,1-4H3,(H2,21,22,24). The van der Waals surface area contributed by atoms with Crippen molar-refractivity contribution in [2.75, 3.05) is 40.9 Å². The number of nitrogens with one attached hydrogen (secondary N) is 2. The molecule has 0 bridgehead atoms. The summed E-state index contributed by atoms with van der Waals surface area (Å²) >= 11 is 0. The van der Waals surface area contributed by atoms with E-state index in [1.54, 1.807) is 21.3 Å². The van der Waals surface area contributed by atoms with Crippen molar-refractivity contribution in [2.45, 2.75) is 32.4 Å². The molecule has 1 aliphatic rings. The molecule has 0 spiro atoms. The molecule has 29 heavy (non-hydrogen) atoms. The zero-order valence-electron chi connectivity index (χ0n) is 17.6. The van der Waals surface area contributed by atoms with Crippen LogP contribution in [0.3, 0.4) is 0 Å². The average Bonchev–Trinajstić information content (AvgIpc) is 3.35. The number of hydrogen-bond donors (Lipinski definition) is 2. The summed E-state index contributed by atoms with van der Waals surface area (Å²) in [6.07, 6.45) is 1.72. The highest BCUT2D eigenvalue weighted by molar-refractivity contribution is 5.80. The van der Waals surface area contributed by atoms with E-state index in [2.05, 4.69) is 42.8 Å². The molecule has 1 unspecified atom stereocenters. The molecule has 0 saturated carbocycles. The fourth-order valence-electron chi connectivity index (χ4n) is 3.43. The molecule has 2 heterocycles. The molecular weight excluding hydrogens is 372 g/mol. The van der Waals surface area contributed by atoms with Crippen molar-refractivity contribution in [3.05, 3.63) is 35.5 Å². The lowest BCUT2D eigenvalue weighted by Gasteiger charge is -2.19. The molecule has 1 fully saturated rings. The summed E-state index contributed by atoms with van der Waals surface area (Å²) in [5.74, 6) is 3.70. The minimum atomic E-state index is 0.347. The molecule has 2 aromatic rings. The Balaban J connectivity index is 1.46. The highest BCUT2D eigenvalue weighted by atomic mass is 16.5. The first-order valence-electron chi connectivity index (χ1n) is 9.80. The second-order valence-electron chi connectivity index (χ2n) is 7.07. The molecular formula is C20H30N6O3. The van der Waals surface area contributed by atoms with Crippen LogP contribution in [0.1, 0.15) is 23.7 Å². The van der Waals surface area contributed by atoms with Crippen LogP contribution < -0.4 is 20.1 Å². The van der Waals surface area contributed by atoms with E-state index in [9.17, 15) is 0 Å². The van der Waals surface area contributed by atoms with Gasteiger partial charge in [-0.2, -0.15) is 4.98 Å². The molecule has 9 nitrogen and oxygen atoms in total. The second kappa shape index (κ2) is 10.1. The van der Waals surface area contributed by atoms with E-state index < -0.39 is 0 Å². The fourth-order valence-corrected chi connectivity index (χ4v) is 3.43. The van der Waals surface area contributed by atoms with E-state index in [4.69, 9.17) is 14.0 Å². The Morgan fingerprint density at radius 2 is 2.03 bits per heavy atom. The molecule has 158 valence electrons. The van der Waals surface area contributed by atoms with Crippen molar-refractivity contribution in [2.24, 2.45) is 4.99 Å². The first-order valence-corrected chi connectivity index (χ1v) is 9.80. The maximum absolute atomic E-state index is 5.37. The van der Waals surface area contributed by atoms with Gasteiger partial charge in [0.2, 0.25) is 5.89 Å². The zero-order chi connectivity index (χ0) is 20.6. The minimum Gasteiger partial charge on any atom is -0.497 e. The molecule has 1 atom stereocenters. The van der Waals surface area contributed by atoms with Crippen molar-refractivity contribution in [1.82, 2.24) is 25.7 Å². The Morgan fingerprint density at radius 1 is 1.28 bits per heavy atom. The Labute approximate surface area is 171 Å². The zero-order valence-corrected chi connectivity index (χ0v) is 17.6. The highest BCUT2D eigenvalue weighted by Crippen LogP contribution is 2.24. The maximum Gasteiger partial charge on any atom is 0.228 e. The van der Waals surface area contributed by atoms with Crippen LogP contribution in [0.25, 0.3) is 0 Å². The van der Waals surface area contributed by atoms with E-state index in [0.29, 0.717) is 30.7 Å². The van der Waals surface area contributed by atoms with E-state index in [0.717, 1.165) is 43.5 Å². The van der Waals surface area contributed by atoms with Gasteiger partial charge in [0.15, 0.2) is 11.8 Å². The topological polar surface area (TPSA) is 97.0 Å². The number of ether oxygens (including phenoxy) is 2. The summed E-state index contributed by atoms with van der Waals surface area (Å²) in [5.41, 5.74) is 1.18. The predicted octanol–water partition coefficient (Wildman–Crippen LogP) is 1.38. The first kappa shape index (κ1) is 20.9. The number of methoxy groups -OCH3 is 2.